The Hall–Kier alpha value is -0.580. The third-order valence-corrected chi connectivity index (χ3v) is 4.47. The average molecular weight is 327 g/mol. The fourth-order valence-corrected chi connectivity index (χ4v) is 3.36. The van der Waals surface area contributed by atoms with Crippen LogP contribution in [0.15, 0.2) is 22.7 Å². The summed E-state index contributed by atoms with van der Waals surface area (Å²) >= 11 is 3.53. The second-order valence-corrected chi connectivity index (χ2v) is 6.25. The highest BCUT2D eigenvalue weighted by Gasteiger charge is 2.27. The van der Waals surface area contributed by atoms with Crippen LogP contribution in [-0.4, -0.2) is 31.3 Å². The highest BCUT2D eigenvalue weighted by Crippen LogP contribution is 2.30. The largest absolute Gasteiger partial charge is 0.391 e. The lowest BCUT2D eigenvalue weighted by Gasteiger charge is -2.37. The molecule has 2 N–H and O–H groups in total. The fraction of sp³-hybridized carbons (Fsp3) is 0.600. The maximum atomic E-state index is 10.2. The minimum absolute atomic E-state index is 0.204. The first-order chi connectivity index (χ1) is 9.13. The summed E-state index contributed by atoms with van der Waals surface area (Å²) in [5.41, 5.74) is 2.47. The first-order valence-corrected chi connectivity index (χ1v) is 7.76. The van der Waals surface area contributed by atoms with Gasteiger partial charge in [-0.25, -0.2) is 0 Å². The Kier molecular flexibility index (Phi) is 5.25. The summed E-state index contributed by atoms with van der Waals surface area (Å²) in [6, 6.07) is 6.60. The third kappa shape index (κ3) is 3.50. The van der Waals surface area contributed by atoms with Crippen LogP contribution >= 0.6 is 15.9 Å². The standard InChI is InChI=1S/C15H23BrN2O/c1-17-10-11-9-12(16)7-8-13(11)18(2)14-5-3-4-6-15(14)19/h7-9,14-15,17,19H,3-6,10H2,1-2H3. The van der Waals surface area contributed by atoms with Crippen LogP contribution in [0.4, 0.5) is 5.69 Å². The first-order valence-electron chi connectivity index (χ1n) is 6.97. The molecule has 1 aliphatic carbocycles. The Labute approximate surface area is 124 Å². The zero-order valence-electron chi connectivity index (χ0n) is 11.7. The van der Waals surface area contributed by atoms with Crippen molar-refractivity contribution in [1.29, 1.82) is 0 Å². The molecule has 0 heterocycles. The van der Waals surface area contributed by atoms with Crippen molar-refractivity contribution in [2.75, 3.05) is 19.0 Å². The van der Waals surface area contributed by atoms with E-state index in [-0.39, 0.29) is 12.1 Å². The van der Waals surface area contributed by atoms with Gasteiger partial charge in [0.05, 0.1) is 12.1 Å². The molecule has 1 aromatic carbocycles. The summed E-state index contributed by atoms with van der Waals surface area (Å²) in [7, 11) is 4.06. The van der Waals surface area contributed by atoms with Crippen LogP contribution < -0.4 is 10.2 Å². The molecule has 0 aliphatic heterocycles. The fourth-order valence-electron chi connectivity index (χ4n) is 2.95. The molecule has 0 aromatic heterocycles. The highest BCUT2D eigenvalue weighted by atomic mass is 79.9. The molecule has 2 atom stereocenters. The van der Waals surface area contributed by atoms with Gasteiger partial charge in [-0.2, -0.15) is 0 Å². The summed E-state index contributed by atoms with van der Waals surface area (Å²) in [6.07, 6.45) is 4.16. The average Bonchev–Trinajstić information content (AvgIpc) is 2.39. The van der Waals surface area contributed by atoms with Crippen molar-refractivity contribution < 1.29 is 5.11 Å². The van der Waals surface area contributed by atoms with Crippen LogP contribution in [0, 0.1) is 0 Å². The lowest BCUT2D eigenvalue weighted by Crippen LogP contribution is -2.43. The molecule has 0 saturated heterocycles. The SMILES string of the molecule is CNCc1cc(Br)ccc1N(C)C1CCCCC1O. The summed E-state index contributed by atoms with van der Waals surface area (Å²) in [5, 5.41) is 13.4. The second kappa shape index (κ2) is 6.73. The molecule has 0 spiro atoms. The van der Waals surface area contributed by atoms with Gasteiger partial charge in [-0.1, -0.05) is 28.8 Å². The predicted octanol–water partition coefficient (Wildman–Crippen LogP) is 2.91. The van der Waals surface area contributed by atoms with Crippen LogP contribution in [0.25, 0.3) is 0 Å². The van der Waals surface area contributed by atoms with E-state index in [4.69, 9.17) is 0 Å². The van der Waals surface area contributed by atoms with Crippen LogP contribution in [0.5, 0.6) is 0 Å². The molecular formula is C15H23BrN2O. The van der Waals surface area contributed by atoms with Crippen molar-refractivity contribution in [3.63, 3.8) is 0 Å². The van der Waals surface area contributed by atoms with Crippen molar-refractivity contribution in [3.8, 4) is 0 Å². The molecule has 2 rings (SSSR count). The van der Waals surface area contributed by atoms with Gasteiger partial charge in [-0.3, -0.25) is 0 Å². The minimum Gasteiger partial charge on any atom is -0.391 e. The third-order valence-electron chi connectivity index (χ3n) is 3.98. The number of hydrogen-bond acceptors (Lipinski definition) is 3. The van der Waals surface area contributed by atoms with Gasteiger partial charge >= 0.3 is 0 Å². The number of nitrogens with one attached hydrogen (secondary N) is 1. The van der Waals surface area contributed by atoms with Gasteiger partial charge in [0.25, 0.3) is 0 Å². The molecule has 1 aromatic rings. The number of halogens is 1. The minimum atomic E-state index is -0.204. The molecule has 3 nitrogen and oxygen atoms in total. The van der Waals surface area contributed by atoms with E-state index in [1.165, 1.54) is 17.7 Å². The number of aliphatic hydroxyl groups is 1. The highest BCUT2D eigenvalue weighted by molar-refractivity contribution is 9.10. The lowest BCUT2D eigenvalue weighted by atomic mass is 9.91. The zero-order chi connectivity index (χ0) is 13.8. The van der Waals surface area contributed by atoms with Crippen molar-refractivity contribution in [2.24, 2.45) is 0 Å². The number of benzene rings is 1. The Morgan fingerprint density at radius 2 is 2.11 bits per heavy atom. The van der Waals surface area contributed by atoms with E-state index in [1.54, 1.807) is 0 Å². The molecule has 1 aliphatic rings. The molecule has 0 amide bonds. The second-order valence-electron chi connectivity index (χ2n) is 5.33. The van der Waals surface area contributed by atoms with Gasteiger partial charge in [0.1, 0.15) is 0 Å². The zero-order valence-corrected chi connectivity index (χ0v) is 13.3. The van der Waals surface area contributed by atoms with E-state index in [0.29, 0.717) is 0 Å². The van der Waals surface area contributed by atoms with Crippen molar-refractivity contribution in [1.82, 2.24) is 5.32 Å². The van der Waals surface area contributed by atoms with Crippen LogP contribution in [0.3, 0.4) is 0 Å². The summed E-state index contributed by atoms with van der Waals surface area (Å²) in [6.45, 7) is 0.835. The number of aliphatic hydroxyl groups excluding tert-OH is 1. The van der Waals surface area contributed by atoms with E-state index in [2.05, 4.69) is 51.4 Å². The number of nitrogens with zero attached hydrogens (tertiary/aromatic N) is 1. The maximum absolute atomic E-state index is 10.2. The van der Waals surface area contributed by atoms with Crippen LogP contribution in [-0.2, 0) is 6.54 Å². The smallest absolute Gasteiger partial charge is 0.0743 e. The van der Waals surface area contributed by atoms with Crippen molar-refractivity contribution in [2.45, 2.75) is 44.4 Å². The van der Waals surface area contributed by atoms with Crippen LogP contribution in [0.2, 0.25) is 0 Å². The number of rotatable bonds is 4. The molecule has 2 unspecified atom stereocenters. The Morgan fingerprint density at radius 3 is 2.79 bits per heavy atom. The van der Waals surface area contributed by atoms with E-state index >= 15 is 0 Å². The summed E-state index contributed by atoms with van der Waals surface area (Å²) < 4.78 is 1.10. The van der Waals surface area contributed by atoms with Crippen molar-refractivity contribution >= 4 is 21.6 Å². The monoisotopic (exact) mass is 326 g/mol. The number of hydrogen-bond donors (Lipinski definition) is 2. The van der Waals surface area contributed by atoms with Gasteiger partial charge in [-0.05, 0) is 43.7 Å². The lowest BCUT2D eigenvalue weighted by molar-refractivity contribution is 0.106. The van der Waals surface area contributed by atoms with Crippen molar-refractivity contribution in [3.05, 3.63) is 28.2 Å². The quantitative estimate of drug-likeness (QED) is 0.893. The summed E-state index contributed by atoms with van der Waals surface area (Å²) in [4.78, 5) is 2.25. The normalized spacial score (nSPS) is 23.4. The molecule has 1 saturated carbocycles. The van der Waals surface area contributed by atoms with Gasteiger partial charge in [0.2, 0.25) is 0 Å². The number of likely N-dealkylation sites (N-methyl/N-ethyl adjacent to an activating group) is 1. The number of anilines is 1. The van der Waals surface area contributed by atoms with Gasteiger partial charge in [0.15, 0.2) is 0 Å². The van der Waals surface area contributed by atoms with Crippen LogP contribution in [0.1, 0.15) is 31.2 Å². The first kappa shape index (κ1) is 14.8. The van der Waals surface area contributed by atoms with E-state index in [9.17, 15) is 5.11 Å². The molecule has 19 heavy (non-hydrogen) atoms. The van der Waals surface area contributed by atoms with E-state index < -0.39 is 0 Å². The Bertz CT molecular complexity index is 425. The van der Waals surface area contributed by atoms with E-state index in [0.717, 1.165) is 30.3 Å². The Morgan fingerprint density at radius 1 is 1.37 bits per heavy atom. The molecule has 0 radical (unpaired) electrons. The van der Waals surface area contributed by atoms with Gasteiger partial charge in [0, 0.05) is 23.8 Å². The predicted molar refractivity (Wildman–Crippen MR) is 83.6 cm³/mol. The molecule has 4 heteroatoms. The maximum Gasteiger partial charge on any atom is 0.0743 e. The molecular weight excluding hydrogens is 304 g/mol. The topological polar surface area (TPSA) is 35.5 Å². The van der Waals surface area contributed by atoms with Gasteiger partial charge in [-0.15, -0.1) is 0 Å². The van der Waals surface area contributed by atoms with Gasteiger partial charge < -0.3 is 15.3 Å². The van der Waals surface area contributed by atoms with E-state index in [1.807, 2.05) is 7.05 Å². The molecule has 1 fully saturated rings. The molecule has 0 bridgehead atoms. The molecule has 106 valence electrons. The summed E-state index contributed by atoms with van der Waals surface area (Å²) in [5.74, 6) is 0. The Balaban J connectivity index is 2.24.